The Hall–Kier alpha value is -0.590. The molecule has 1 amide bonds. The van der Waals surface area contributed by atoms with Crippen molar-refractivity contribution in [2.75, 3.05) is 12.3 Å². The molecule has 0 spiro atoms. The molecular formula is C10H17N3OS2. The molecule has 0 aromatic carbocycles. The summed E-state index contributed by atoms with van der Waals surface area (Å²) in [5.41, 5.74) is 6.33. The lowest BCUT2D eigenvalue weighted by molar-refractivity contribution is -0.119. The molecule has 1 unspecified atom stereocenters. The Balaban J connectivity index is 2.40. The molecule has 1 aromatic rings. The minimum Gasteiger partial charge on any atom is -0.368 e. The van der Waals surface area contributed by atoms with E-state index >= 15 is 0 Å². The van der Waals surface area contributed by atoms with Crippen LogP contribution in [0.15, 0.2) is 9.72 Å². The highest BCUT2D eigenvalue weighted by Crippen LogP contribution is 2.22. The fourth-order valence-corrected chi connectivity index (χ4v) is 3.05. The molecule has 0 aliphatic rings. The van der Waals surface area contributed by atoms with Crippen molar-refractivity contribution in [3.05, 3.63) is 11.1 Å². The third-order valence-electron chi connectivity index (χ3n) is 1.96. The van der Waals surface area contributed by atoms with Gasteiger partial charge in [-0.05, 0) is 19.9 Å². The normalized spacial score (nSPS) is 12.6. The van der Waals surface area contributed by atoms with Crippen LogP contribution in [0.1, 0.15) is 19.0 Å². The molecular weight excluding hydrogens is 242 g/mol. The lowest BCUT2D eigenvalue weighted by Gasteiger charge is -2.13. The molecule has 16 heavy (non-hydrogen) atoms. The summed E-state index contributed by atoms with van der Waals surface area (Å²) >= 11 is 3.17. The number of hydrogen-bond acceptors (Lipinski definition) is 5. The highest BCUT2D eigenvalue weighted by molar-refractivity contribution is 8.01. The first kappa shape index (κ1) is 13.5. The van der Waals surface area contributed by atoms with Crippen molar-refractivity contribution in [1.82, 2.24) is 10.3 Å². The van der Waals surface area contributed by atoms with Gasteiger partial charge in [0.2, 0.25) is 5.91 Å². The predicted molar refractivity (Wildman–Crippen MR) is 68.9 cm³/mol. The Morgan fingerprint density at radius 2 is 2.50 bits per heavy atom. The van der Waals surface area contributed by atoms with Crippen molar-refractivity contribution >= 4 is 29.0 Å². The molecule has 0 fully saturated rings. The molecule has 0 bridgehead atoms. The molecule has 6 heteroatoms. The number of nitrogens with one attached hydrogen (secondary N) is 1. The van der Waals surface area contributed by atoms with Gasteiger partial charge in [-0.2, -0.15) is 0 Å². The monoisotopic (exact) mass is 259 g/mol. The SMILES string of the molecule is CCCNC(CSc1nc(C)cs1)C(N)=O. The molecule has 4 nitrogen and oxygen atoms in total. The van der Waals surface area contributed by atoms with E-state index in [0.717, 1.165) is 23.0 Å². The van der Waals surface area contributed by atoms with Gasteiger partial charge in [-0.25, -0.2) is 4.98 Å². The summed E-state index contributed by atoms with van der Waals surface area (Å²) < 4.78 is 0.988. The second kappa shape index (κ2) is 6.88. The molecule has 1 heterocycles. The van der Waals surface area contributed by atoms with Gasteiger partial charge in [0.1, 0.15) is 4.34 Å². The summed E-state index contributed by atoms with van der Waals surface area (Å²) in [7, 11) is 0. The first-order valence-electron chi connectivity index (χ1n) is 5.21. The Morgan fingerprint density at radius 3 is 3.00 bits per heavy atom. The van der Waals surface area contributed by atoms with Gasteiger partial charge >= 0.3 is 0 Å². The quantitative estimate of drug-likeness (QED) is 0.726. The Morgan fingerprint density at radius 1 is 1.75 bits per heavy atom. The van der Waals surface area contributed by atoms with E-state index in [0.29, 0.717) is 5.75 Å². The molecule has 0 aliphatic heterocycles. The zero-order valence-corrected chi connectivity index (χ0v) is 11.2. The Kier molecular flexibility index (Phi) is 5.79. The maximum atomic E-state index is 11.2. The summed E-state index contributed by atoms with van der Waals surface area (Å²) in [6, 6.07) is -0.269. The number of amides is 1. The summed E-state index contributed by atoms with van der Waals surface area (Å²) in [5, 5.41) is 5.13. The second-order valence-corrected chi connectivity index (χ2v) is 5.60. The number of carbonyl (C=O) groups is 1. The van der Waals surface area contributed by atoms with Crippen molar-refractivity contribution in [2.24, 2.45) is 5.73 Å². The topological polar surface area (TPSA) is 68.0 Å². The van der Waals surface area contributed by atoms with Gasteiger partial charge < -0.3 is 11.1 Å². The number of aryl methyl sites for hydroxylation is 1. The van der Waals surface area contributed by atoms with Crippen LogP contribution in [0.5, 0.6) is 0 Å². The average Bonchev–Trinajstić information content (AvgIpc) is 2.64. The van der Waals surface area contributed by atoms with Crippen LogP contribution in [0.3, 0.4) is 0 Å². The number of hydrogen-bond donors (Lipinski definition) is 2. The fraction of sp³-hybridized carbons (Fsp3) is 0.600. The molecule has 0 aliphatic carbocycles. The molecule has 90 valence electrons. The van der Waals surface area contributed by atoms with Gasteiger partial charge in [0.05, 0.1) is 6.04 Å². The fourth-order valence-electron chi connectivity index (χ4n) is 1.11. The molecule has 1 atom stereocenters. The van der Waals surface area contributed by atoms with Crippen LogP contribution in [0, 0.1) is 6.92 Å². The third kappa shape index (κ3) is 4.51. The number of aromatic nitrogens is 1. The number of carbonyl (C=O) groups excluding carboxylic acids is 1. The van der Waals surface area contributed by atoms with Crippen LogP contribution in [0.4, 0.5) is 0 Å². The number of nitrogens with zero attached hydrogens (tertiary/aromatic N) is 1. The standard InChI is InChI=1S/C10H17N3OS2/c1-3-4-12-8(9(11)14)6-16-10-13-7(2)5-15-10/h5,8,12H,3-4,6H2,1-2H3,(H2,11,14). The molecule has 0 saturated carbocycles. The lowest BCUT2D eigenvalue weighted by atomic mass is 10.3. The highest BCUT2D eigenvalue weighted by Gasteiger charge is 2.15. The van der Waals surface area contributed by atoms with E-state index < -0.39 is 0 Å². The van der Waals surface area contributed by atoms with E-state index in [1.165, 1.54) is 0 Å². The van der Waals surface area contributed by atoms with E-state index in [1.807, 2.05) is 12.3 Å². The number of rotatable bonds is 7. The van der Waals surface area contributed by atoms with Crippen molar-refractivity contribution in [3.8, 4) is 0 Å². The summed E-state index contributed by atoms with van der Waals surface area (Å²) in [4.78, 5) is 15.5. The van der Waals surface area contributed by atoms with E-state index in [9.17, 15) is 4.79 Å². The molecule has 3 N–H and O–H groups in total. The number of thiazole rings is 1. The number of nitrogens with two attached hydrogens (primary N) is 1. The van der Waals surface area contributed by atoms with Gasteiger partial charge in [0, 0.05) is 16.8 Å². The van der Waals surface area contributed by atoms with Crippen molar-refractivity contribution in [3.63, 3.8) is 0 Å². The summed E-state index contributed by atoms with van der Waals surface area (Å²) in [5.74, 6) is 0.344. The van der Waals surface area contributed by atoms with Gasteiger partial charge in [-0.15, -0.1) is 11.3 Å². The molecule has 0 saturated heterocycles. The van der Waals surface area contributed by atoms with Crippen LogP contribution in [-0.4, -0.2) is 29.2 Å². The van der Waals surface area contributed by atoms with Gasteiger partial charge in [-0.1, -0.05) is 18.7 Å². The van der Waals surface area contributed by atoms with Crippen LogP contribution in [0.2, 0.25) is 0 Å². The van der Waals surface area contributed by atoms with Gasteiger partial charge in [0.25, 0.3) is 0 Å². The van der Waals surface area contributed by atoms with Crippen molar-refractivity contribution < 1.29 is 4.79 Å². The Labute approximate surface area is 104 Å². The van der Waals surface area contributed by atoms with Gasteiger partial charge in [-0.3, -0.25) is 4.79 Å². The largest absolute Gasteiger partial charge is 0.368 e. The second-order valence-electron chi connectivity index (χ2n) is 3.47. The van der Waals surface area contributed by atoms with Crippen molar-refractivity contribution in [2.45, 2.75) is 30.6 Å². The zero-order chi connectivity index (χ0) is 12.0. The van der Waals surface area contributed by atoms with E-state index in [2.05, 4.69) is 17.2 Å². The number of thioether (sulfide) groups is 1. The third-order valence-corrected chi connectivity index (χ3v) is 4.19. The maximum absolute atomic E-state index is 11.2. The van der Waals surface area contributed by atoms with Crippen LogP contribution >= 0.6 is 23.1 Å². The predicted octanol–water partition coefficient (Wildman–Crippen LogP) is 1.40. The number of primary amides is 1. The summed E-state index contributed by atoms with van der Waals surface area (Å²) in [6.07, 6.45) is 0.991. The molecule has 1 aromatic heterocycles. The summed E-state index contributed by atoms with van der Waals surface area (Å²) in [6.45, 7) is 4.83. The lowest BCUT2D eigenvalue weighted by Crippen LogP contribution is -2.43. The average molecular weight is 259 g/mol. The Bertz CT molecular complexity index is 341. The van der Waals surface area contributed by atoms with Crippen LogP contribution in [-0.2, 0) is 4.79 Å². The highest BCUT2D eigenvalue weighted by atomic mass is 32.2. The van der Waals surface area contributed by atoms with E-state index in [1.54, 1.807) is 23.1 Å². The van der Waals surface area contributed by atoms with Crippen LogP contribution in [0.25, 0.3) is 0 Å². The minimum atomic E-state index is -0.297. The molecule has 1 rings (SSSR count). The van der Waals surface area contributed by atoms with E-state index in [4.69, 9.17) is 5.73 Å². The maximum Gasteiger partial charge on any atom is 0.235 e. The first-order chi connectivity index (χ1) is 7.63. The zero-order valence-electron chi connectivity index (χ0n) is 9.53. The first-order valence-corrected chi connectivity index (χ1v) is 7.07. The van der Waals surface area contributed by atoms with Crippen molar-refractivity contribution in [1.29, 1.82) is 0 Å². The van der Waals surface area contributed by atoms with Crippen LogP contribution < -0.4 is 11.1 Å². The van der Waals surface area contributed by atoms with Gasteiger partial charge in [0.15, 0.2) is 0 Å². The smallest absolute Gasteiger partial charge is 0.235 e. The minimum absolute atomic E-state index is 0.269. The van der Waals surface area contributed by atoms with E-state index in [-0.39, 0.29) is 11.9 Å². The molecule has 0 radical (unpaired) electrons.